The third kappa shape index (κ3) is 4.10. The van der Waals surface area contributed by atoms with E-state index in [4.69, 9.17) is 15.6 Å². The Balaban J connectivity index is 2.53. The Hall–Kier alpha value is -1.88. The molecule has 1 rings (SSSR count). The lowest BCUT2D eigenvalue weighted by Gasteiger charge is -2.06. The molecule has 0 bridgehead atoms. The number of carboxylic acids is 1. The number of carbonyl (C=O) groups is 1. The van der Waals surface area contributed by atoms with E-state index in [1.54, 1.807) is 30.6 Å². The van der Waals surface area contributed by atoms with Crippen molar-refractivity contribution in [1.82, 2.24) is 0 Å². The fourth-order valence-electron chi connectivity index (χ4n) is 1.16. The average Bonchev–Trinajstić information content (AvgIpc) is 2.28. The lowest BCUT2D eigenvalue weighted by atomic mass is 10.1. The minimum absolute atomic E-state index is 0.374. The fraction of sp³-hybridized carbons (Fsp3) is 0.273. The highest BCUT2D eigenvalue weighted by Gasteiger charge is 2.04. The van der Waals surface area contributed by atoms with Gasteiger partial charge in [0, 0.05) is 0 Å². The van der Waals surface area contributed by atoms with Crippen molar-refractivity contribution in [3.05, 3.63) is 29.8 Å². The number of ether oxygens (including phenoxy) is 1. The number of carbonyl (C=O) groups excluding carboxylic acids is 1. The van der Waals surface area contributed by atoms with Gasteiger partial charge in [-0.25, -0.2) is 4.79 Å². The maximum atomic E-state index is 10.2. The second-order valence-electron chi connectivity index (χ2n) is 3.25. The lowest BCUT2D eigenvalue weighted by Crippen LogP contribution is -2.23. The second-order valence-corrected chi connectivity index (χ2v) is 3.25. The van der Waals surface area contributed by atoms with Crippen molar-refractivity contribution >= 4 is 12.3 Å². The van der Waals surface area contributed by atoms with Crippen LogP contribution in [0.3, 0.4) is 0 Å². The highest BCUT2D eigenvalue weighted by molar-refractivity contribution is 5.68. The van der Waals surface area contributed by atoms with Gasteiger partial charge < -0.3 is 15.6 Å². The van der Waals surface area contributed by atoms with Gasteiger partial charge in [-0.05, 0) is 24.1 Å². The normalized spacial score (nSPS) is 11.8. The predicted octanol–water partition coefficient (Wildman–Crippen LogP) is 0.129. The van der Waals surface area contributed by atoms with Gasteiger partial charge in [-0.1, -0.05) is 12.1 Å². The van der Waals surface area contributed by atoms with E-state index in [2.05, 4.69) is 0 Å². The molecule has 5 heteroatoms. The summed E-state index contributed by atoms with van der Waals surface area (Å²) in [6.07, 6.45) is 2.09. The van der Waals surface area contributed by atoms with E-state index in [0.717, 1.165) is 5.56 Å². The van der Waals surface area contributed by atoms with Crippen LogP contribution in [0.4, 0.5) is 0 Å². The van der Waals surface area contributed by atoms with Crippen molar-refractivity contribution in [1.29, 1.82) is 0 Å². The zero-order chi connectivity index (χ0) is 12.0. The molecule has 5 nitrogen and oxygen atoms in total. The van der Waals surface area contributed by atoms with Gasteiger partial charge in [-0.3, -0.25) is 4.79 Å². The highest BCUT2D eigenvalue weighted by Crippen LogP contribution is 2.12. The van der Waals surface area contributed by atoms with Gasteiger partial charge in [0.05, 0.1) is 6.04 Å². The molecule has 0 saturated carbocycles. The molecule has 1 atom stereocenters. The van der Waals surface area contributed by atoms with Gasteiger partial charge in [0.2, 0.25) is 6.29 Å². The number of benzene rings is 1. The van der Waals surface area contributed by atoms with Crippen LogP contribution in [-0.4, -0.2) is 30.0 Å². The number of nitrogens with two attached hydrogens (primary N) is 1. The van der Waals surface area contributed by atoms with Crippen LogP contribution < -0.4 is 10.5 Å². The first-order valence-corrected chi connectivity index (χ1v) is 4.68. The van der Waals surface area contributed by atoms with Crippen LogP contribution in [0.5, 0.6) is 5.75 Å². The number of carboxylic acid groups (broad SMARTS) is 1. The van der Waals surface area contributed by atoms with Crippen molar-refractivity contribution in [2.45, 2.75) is 12.5 Å². The molecule has 1 aromatic carbocycles. The first-order valence-electron chi connectivity index (χ1n) is 4.68. The molecular formula is C11H12NO4. The van der Waals surface area contributed by atoms with E-state index < -0.39 is 12.0 Å². The molecule has 0 spiro atoms. The Labute approximate surface area is 92.8 Å². The summed E-state index contributed by atoms with van der Waals surface area (Å²) in [6, 6.07) is 6.10. The van der Waals surface area contributed by atoms with Crippen LogP contribution in [0, 0.1) is 0 Å². The molecule has 0 heterocycles. The second kappa shape index (κ2) is 5.87. The van der Waals surface area contributed by atoms with Gasteiger partial charge in [0.1, 0.15) is 5.75 Å². The lowest BCUT2D eigenvalue weighted by molar-refractivity contribution is -0.139. The van der Waals surface area contributed by atoms with Crippen molar-refractivity contribution in [3.63, 3.8) is 0 Å². The van der Waals surface area contributed by atoms with Crippen LogP contribution in [-0.2, 0) is 16.0 Å². The summed E-state index contributed by atoms with van der Waals surface area (Å²) in [5, 5.41) is 8.40. The molecule has 0 aliphatic carbocycles. The van der Waals surface area contributed by atoms with Gasteiger partial charge >= 0.3 is 5.97 Å². The first-order chi connectivity index (χ1) is 7.61. The fourth-order valence-corrected chi connectivity index (χ4v) is 1.16. The third-order valence-electron chi connectivity index (χ3n) is 1.89. The van der Waals surface area contributed by atoms with Gasteiger partial charge in [-0.15, -0.1) is 0 Å². The van der Waals surface area contributed by atoms with E-state index in [1.807, 2.05) is 0 Å². The largest absolute Gasteiger partial charge is 0.482 e. The van der Waals surface area contributed by atoms with Crippen LogP contribution >= 0.6 is 0 Å². The summed E-state index contributed by atoms with van der Waals surface area (Å²) in [5.74, 6) is -0.559. The van der Waals surface area contributed by atoms with Gasteiger partial charge in [-0.2, -0.15) is 0 Å². The molecule has 0 amide bonds. The first kappa shape index (κ1) is 12.2. The van der Waals surface area contributed by atoms with E-state index in [0.29, 0.717) is 12.2 Å². The maximum absolute atomic E-state index is 10.2. The van der Waals surface area contributed by atoms with E-state index in [9.17, 15) is 9.59 Å². The molecule has 0 aliphatic rings. The van der Waals surface area contributed by atoms with Crippen LogP contribution in [0.2, 0.25) is 0 Å². The summed E-state index contributed by atoms with van der Waals surface area (Å²) in [5.41, 5.74) is 6.28. The van der Waals surface area contributed by atoms with Gasteiger partial charge in [0.15, 0.2) is 6.61 Å². The molecule has 0 aromatic heterocycles. The molecule has 1 radical (unpaired) electrons. The van der Waals surface area contributed by atoms with E-state index in [-0.39, 0.29) is 6.61 Å². The average molecular weight is 222 g/mol. The molecular weight excluding hydrogens is 210 g/mol. The van der Waals surface area contributed by atoms with Crippen LogP contribution in [0.15, 0.2) is 24.3 Å². The predicted molar refractivity (Wildman–Crippen MR) is 56.9 cm³/mol. The van der Waals surface area contributed by atoms with Crippen LogP contribution in [0.25, 0.3) is 0 Å². The molecule has 0 unspecified atom stereocenters. The number of rotatable bonds is 6. The Kier molecular flexibility index (Phi) is 4.47. The van der Waals surface area contributed by atoms with E-state index >= 15 is 0 Å². The van der Waals surface area contributed by atoms with Crippen LogP contribution in [0.1, 0.15) is 5.56 Å². The summed E-state index contributed by atoms with van der Waals surface area (Å²) in [6.45, 7) is -0.374. The maximum Gasteiger partial charge on any atom is 0.341 e. The molecule has 0 fully saturated rings. The number of aliphatic carboxylic acids is 1. The minimum Gasteiger partial charge on any atom is -0.482 e. The number of hydrogen-bond donors (Lipinski definition) is 2. The number of hydrogen-bond acceptors (Lipinski definition) is 4. The summed E-state index contributed by atoms with van der Waals surface area (Å²) in [4.78, 5) is 20.5. The SMILES string of the molecule is N[C@H]([C]=O)Cc1ccc(OCC(=O)O)cc1. The molecule has 0 saturated heterocycles. The minimum atomic E-state index is -1.03. The molecule has 0 aliphatic heterocycles. The zero-order valence-corrected chi connectivity index (χ0v) is 8.55. The Morgan fingerprint density at radius 2 is 2.06 bits per heavy atom. The van der Waals surface area contributed by atoms with Crippen molar-refractivity contribution in [3.8, 4) is 5.75 Å². The van der Waals surface area contributed by atoms with Crippen molar-refractivity contribution in [2.75, 3.05) is 6.61 Å². The molecule has 16 heavy (non-hydrogen) atoms. The summed E-state index contributed by atoms with van der Waals surface area (Å²) < 4.78 is 4.95. The van der Waals surface area contributed by atoms with Crippen molar-refractivity contribution < 1.29 is 19.4 Å². The Bertz CT molecular complexity index is 361. The monoisotopic (exact) mass is 222 g/mol. The Morgan fingerprint density at radius 3 is 2.56 bits per heavy atom. The smallest absolute Gasteiger partial charge is 0.341 e. The zero-order valence-electron chi connectivity index (χ0n) is 8.55. The molecule has 1 aromatic rings. The van der Waals surface area contributed by atoms with Crippen molar-refractivity contribution in [2.24, 2.45) is 5.73 Å². The highest BCUT2D eigenvalue weighted by atomic mass is 16.5. The quantitative estimate of drug-likeness (QED) is 0.714. The molecule has 3 N–H and O–H groups in total. The topological polar surface area (TPSA) is 89.6 Å². The third-order valence-corrected chi connectivity index (χ3v) is 1.89. The molecule has 85 valence electrons. The van der Waals surface area contributed by atoms with E-state index in [1.165, 1.54) is 0 Å². The summed E-state index contributed by atoms with van der Waals surface area (Å²) >= 11 is 0. The standard InChI is InChI=1S/C11H12NO4/c12-9(6-13)5-8-1-3-10(4-2-8)16-7-11(14)15/h1-4,9H,5,7,12H2,(H,14,15)/t9-/m0/s1. The van der Waals surface area contributed by atoms with Gasteiger partial charge in [0.25, 0.3) is 0 Å². The Morgan fingerprint density at radius 1 is 1.44 bits per heavy atom. The summed E-state index contributed by atoms with van der Waals surface area (Å²) in [7, 11) is 0.